The van der Waals surface area contributed by atoms with E-state index in [1.54, 1.807) is 32.4 Å². The molecule has 2 aromatic carbocycles. The van der Waals surface area contributed by atoms with Crippen molar-refractivity contribution in [1.82, 2.24) is 5.32 Å². The molecule has 5 nitrogen and oxygen atoms in total. The van der Waals surface area contributed by atoms with Crippen LogP contribution in [-0.2, 0) is 6.42 Å². The van der Waals surface area contributed by atoms with Gasteiger partial charge in [0.25, 0.3) is 5.91 Å². The smallest absolute Gasteiger partial charge is 0.251 e. The molecule has 132 valence electrons. The van der Waals surface area contributed by atoms with Crippen LogP contribution in [0.4, 0.5) is 5.69 Å². The SMILES string of the molecule is COc1cc(OC)cc(C(=O)NCCCN2CCc3ccccc32)c1. The minimum Gasteiger partial charge on any atom is -0.497 e. The van der Waals surface area contributed by atoms with Crippen LogP contribution < -0.4 is 19.7 Å². The Morgan fingerprint density at radius 3 is 2.56 bits per heavy atom. The summed E-state index contributed by atoms with van der Waals surface area (Å²) in [6.45, 7) is 2.64. The van der Waals surface area contributed by atoms with Crippen LogP contribution in [0.2, 0.25) is 0 Å². The molecule has 3 rings (SSSR count). The lowest BCUT2D eigenvalue weighted by Gasteiger charge is -2.19. The van der Waals surface area contributed by atoms with E-state index in [1.165, 1.54) is 11.3 Å². The fourth-order valence-electron chi connectivity index (χ4n) is 3.15. The number of carbonyl (C=O) groups is 1. The topological polar surface area (TPSA) is 50.8 Å². The number of ether oxygens (including phenoxy) is 2. The normalized spacial score (nSPS) is 12.6. The van der Waals surface area contributed by atoms with Crippen LogP contribution in [0, 0.1) is 0 Å². The maximum absolute atomic E-state index is 12.3. The summed E-state index contributed by atoms with van der Waals surface area (Å²) in [5.74, 6) is 1.11. The summed E-state index contributed by atoms with van der Waals surface area (Å²) in [7, 11) is 3.15. The number of amides is 1. The highest BCUT2D eigenvalue weighted by molar-refractivity contribution is 5.95. The van der Waals surface area contributed by atoms with Crippen molar-refractivity contribution in [2.75, 3.05) is 38.8 Å². The molecule has 5 heteroatoms. The number of anilines is 1. The molecule has 0 spiro atoms. The van der Waals surface area contributed by atoms with E-state index in [0.717, 1.165) is 25.9 Å². The summed E-state index contributed by atoms with van der Waals surface area (Å²) in [6, 6.07) is 13.7. The van der Waals surface area contributed by atoms with Gasteiger partial charge in [0.15, 0.2) is 0 Å². The minimum atomic E-state index is -0.112. The number of fused-ring (bicyclic) bond motifs is 1. The van der Waals surface area contributed by atoms with E-state index in [2.05, 4.69) is 34.5 Å². The van der Waals surface area contributed by atoms with Crippen molar-refractivity contribution in [2.45, 2.75) is 12.8 Å². The number of methoxy groups -OCH3 is 2. The molecular formula is C20H24N2O3. The highest BCUT2D eigenvalue weighted by Gasteiger charge is 2.17. The fourth-order valence-corrected chi connectivity index (χ4v) is 3.15. The lowest BCUT2D eigenvalue weighted by Crippen LogP contribution is -2.29. The number of para-hydroxylation sites is 1. The number of rotatable bonds is 7. The van der Waals surface area contributed by atoms with Gasteiger partial charge in [-0.2, -0.15) is 0 Å². The third-order valence-electron chi connectivity index (χ3n) is 4.49. The average molecular weight is 340 g/mol. The number of nitrogens with zero attached hydrogens (tertiary/aromatic N) is 1. The lowest BCUT2D eigenvalue weighted by molar-refractivity contribution is 0.0952. The summed E-state index contributed by atoms with van der Waals surface area (Å²) in [5, 5.41) is 2.97. The standard InChI is InChI=1S/C20H24N2O3/c1-24-17-12-16(13-18(14-17)25-2)20(23)21-9-5-10-22-11-8-15-6-3-4-7-19(15)22/h3-4,6-7,12-14H,5,8-11H2,1-2H3,(H,21,23). The molecule has 0 unspecified atom stereocenters. The molecule has 1 aliphatic rings. The van der Waals surface area contributed by atoms with Gasteiger partial charge in [0.1, 0.15) is 11.5 Å². The molecule has 0 aromatic heterocycles. The molecule has 1 heterocycles. The van der Waals surface area contributed by atoms with Crippen LogP contribution >= 0.6 is 0 Å². The van der Waals surface area contributed by atoms with Gasteiger partial charge in [-0.15, -0.1) is 0 Å². The van der Waals surface area contributed by atoms with E-state index in [0.29, 0.717) is 23.6 Å². The maximum Gasteiger partial charge on any atom is 0.251 e. The molecule has 0 saturated heterocycles. The van der Waals surface area contributed by atoms with Crippen LogP contribution in [0.1, 0.15) is 22.3 Å². The van der Waals surface area contributed by atoms with E-state index in [1.807, 2.05) is 0 Å². The summed E-state index contributed by atoms with van der Waals surface area (Å²) in [5.41, 5.74) is 3.28. The first-order chi connectivity index (χ1) is 12.2. The Balaban J connectivity index is 1.50. The first kappa shape index (κ1) is 17.1. The monoisotopic (exact) mass is 340 g/mol. The van der Waals surface area contributed by atoms with Crippen LogP contribution in [0.3, 0.4) is 0 Å². The van der Waals surface area contributed by atoms with E-state index < -0.39 is 0 Å². The minimum absolute atomic E-state index is 0.112. The summed E-state index contributed by atoms with van der Waals surface area (Å²) >= 11 is 0. The largest absolute Gasteiger partial charge is 0.497 e. The van der Waals surface area contributed by atoms with Gasteiger partial charge in [-0.25, -0.2) is 0 Å². The first-order valence-corrected chi connectivity index (χ1v) is 8.55. The number of nitrogens with one attached hydrogen (secondary N) is 1. The van der Waals surface area contributed by atoms with Crippen molar-refractivity contribution in [3.63, 3.8) is 0 Å². The number of benzene rings is 2. The lowest BCUT2D eigenvalue weighted by atomic mass is 10.2. The van der Waals surface area contributed by atoms with Crippen molar-refractivity contribution in [2.24, 2.45) is 0 Å². The highest BCUT2D eigenvalue weighted by Crippen LogP contribution is 2.27. The molecule has 0 saturated carbocycles. The molecule has 0 atom stereocenters. The zero-order valence-corrected chi connectivity index (χ0v) is 14.7. The summed E-state index contributed by atoms with van der Waals surface area (Å²) in [4.78, 5) is 14.7. The van der Waals surface area contributed by atoms with Gasteiger partial charge >= 0.3 is 0 Å². The molecule has 2 aromatic rings. The Morgan fingerprint density at radius 1 is 1.12 bits per heavy atom. The Hall–Kier alpha value is -2.69. The van der Waals surface area contributed by atoms with Crippen LogP contribution in [0.25, 0.3) is 0 Å². The Kier molecular flexibility index (Phi) is 5.43. The van der Waals surface area contributed by atoms with Gasteiger partial charge < -0.3 is 19.7 Å². The van der Waals surface area contributed by atoms with Crippen LogP contribution in [0.5, 0.6) is 11.5 Å². The summed E-state index contributed by atoms with van der Waals surface area (Å²) < 4.78 is 10.4. The number of hydrogen-bond donors (Lipinski definition) is 1. The van der Waals surface area contributed by atoms with Gasteiger partial charge in [-0.05, 0) is 36.6 Å². The Labute approximate surface area is 148 Å². The molecule has 0 bridgehead atoms. The van der Waals surface area contributed by atoms with E-state index in [4.69, 9.17) is 9.47 Å². The Morgan fingerprint density at radius 2 is 1.84 bits per heavy atom. The van der Waals surface area contributed by atoms with Crippen molar-refractivity contribution in [3.8, 4) is 11.5 Å². The second kappa shape index (κ2) is 7.92. The second-order valence-electron chi connectivity index (χ2n) is 6.08. The van der Waals surface area contributed by atoms with Gasteiger partial charge in [-0.3, -0.25) is 4.79 Å². The summed E-state index contributed by atoms with van der Waals surface area (Å²) in [6.07, 6.45) is 2.01. The third-order valence-corrected chi connectivity index (χ3v) is 4.49. The molecule has 25 heavy (non-hydrogen) atoms. The van der Waals surface area contributed by atoms with E-state index >= 15 is 0 Å². The van der Waals surface area contributed by atoms with Crippen molar-refractivity contribution >= 4 is 11.6 Å². The number of hydrogen-bond acceptors (Lipinski definition) is 4. The van der Waals surface area contributed by atoms with E-state index in [9.17, 15) is 4.79 Å². The molecular weight excluding hydrogens is 316 g/mol. The van der Waals surface area contributed by atoms with Gasteiger partial charge in [0.05, 0.1) is 14.2 Å². The molecule has 1 N–H and O–H groups in total. The predicted molar refractivity (Wildman–Crippen MR) is 98.9 cm³/mol. The Bertz CT molecular complexity index is 723. The van der Waals surface area contributed by atoms with Crippen molar-refractivity contribution in [1.29, 1.82) is 0 Å². The molecule has 1 amide bonds. The van der Waals surface area contributed by atoms with Gasteiger partial charge in [0, 0.05) is 37.0 Å². The molecule has 0 fully saturated rings. The average Bonchev–Trinajstić information content (AvgIpc) is 3.07. The quantitative estimate of drug-likeness (QED) is 0.788. The number of carbonyl (C=O) groups excluding carboxylic acids is 1. The van der Waals surface area contributed by atoms with Gasteiger partial charge in [-0.1, -0.05) is 18.2 Å². The zero-order valence-electron chi connectivity index (χ0n) is 14.7. The zero-order chi connectivity index (χ0) is 17.6. The molecule has 0 aliphatic carbocycles. The third kappa shape index (κ3) is 4.05. The fraction of sp³-hybridized carbons (Fsp3) is 0.350. The second-order valence-corrected chi connectivity index (χ2v) is 6.08. The van der Waals surface area contributed by atoms with Crippen LogP contribution in [0.15, 0.2) is 42.5 Å². The van der Waals surface area contributed by atoms with Crippen molar-refractivity contribution < 1.29 is 14.3 Å². The molecule has 0 radical (unpaired) electrons. The van der Waals surface area contributed by atoms with Crippen molar-refractivity contribution in [3.05, 3.63) is 53.6 Å². The highest BCUT2D eigenvalue weighted by atomic mass is 16.5. The first-order valence-electron chi connectivity index (χ1n) is 8.55. The van der Waals surface area contributed by atoms with Crippen LogP contribution in [-0.4, -0.2) is 39.8 Å². The van der Waals surface area contributed by atoms with Gasteiger partial charge in [0.2, 0.25) is 0 Å². The van der Waals surface area contributed by atoms with E-state index in [-0.39, 0.29) is 5.91 Å². The molecule has 1 aliphatic heterocycles. The predicted octanol–water partition coefficient (Wildman–Crippen LogP) is 2.89. The maximum atomic E-state index is 12.3.